The molecule has 1 unspecified atom stereocenters. The second-order valence-electron chi connectivity index (χ2n) is 2.70. The van der Waals surface area contributed by atoms with Crippen molar-refractivity contribution in [1.82, 2.24) is 0 Å². The molecule has 0 amide bonds. The molecule has 0 saturated heterocycles. The predicted molar refractivity (Wildman–Crippen MR) is 37.4 cm³/mol. The molecule has 0 aliphatic rings. The summed E-state index contributed by atoms with van der Waals surface area (Å²) in [6, 6.07) is -0.743. The summed E-state index contributed by atoms with van der Waals surface area (Å²) in [4.78, 5) is 24.1. The quantitative estimate of drug-likeness (QED) is 0.352. The summed E-state index contributed by atoms with van der Waals surface area (Å²) in [5.74, 6) is 0. The van der Waals surface area contributed by atoms with Crippen LogP contribution in [0.3, 0.4) is 0 Å². The molecule has 0 rings (SSSR count). The van der Waals surface area contributed by atoms with Gasteiger partial charge in [-0.3, -0.25) is 0 Å². The van der Waals surface area contributed by atoms with Gasteiger partial charge in [-0.25, -0.2) is 0 Å². The molecule has 6 heteroatoms. The molecular weight excluding hydrogens is 152 g/mol. The highest BCUT2D eigenvalue weighted by Gasteiger charge is 2.30. The zero-order valence-corrected chi connectivity index (χ0v) is 6.60. The fourth-order valence-electron chi connectivity index (χ4n) is 0.395. The summed E-state index contributed by atoms with van der Waals surface area (Å²) in [5.41, 5.74) is -1.15. The van der Waals surface area contributed by atoms with Gasteiger partial charge in [0.25, 0.3) is 5.09 Å². The van der Waals surface area contributed by atoms with Crippen LogP contribution in [0.2, 0.25) is 0 Å². The Balaban J connectivity index is 4.19. The van der Waals surface area contributed by atoms with E-state index >= 15 is 0 Å². The van der Waals surface area contributed by atoms with Crippen LogP contribution in [-0.2, 0) is 4.84 Å². The molecule has 0 saturated carbocycles. The van der Waals surface area contributed by atoms with Crippen molar-refractivity contribution in [2.75, 3.05) is 0 Å². The second-order valence-corrected chi connectivity index (χ2v) is 2.70. The van der Waals surface area contributed by atoms with Crippen molar-refractivity contribution in [3.8, 4) is 0 Å². The van der Waals surface area contributed by atoms with Crippen molar-refractivity contribution in [3.63, 3.8) is 0 Å². The maximum atomic E-state index is 9.98. The van der Waals surface area contributed by atoms with Crippen molar-refractivity contribution in [2.24, 2.45) is 5.18 Å². The Morgan fingerprint density at radius 2 is 2.09 bits per heavy atom. The molecule has 0 radical (unpaired) electrons. The summed E-state index contributed by atoms with van der Waals surface area (Å²) < 4.78 is 0. The van der Waals surface area contributed by atoms with Crippen LogP contribution in [0, 0.1) is 15.0 Å². The van der Waals surface area contributed by atoms with Crippen LogP contribution in [0.15, 0.2) is 5.18 Å². The van der Waals surface area contributed by atoms with E-state index in [2.05, 4.69) is 10.0 Å². The number of nitroso groups, excluding NO2 is 1. The summed E-state index contributed by atoms with van der Waals surface area (Å²) in [5, 5.41) is 11.6. The minimum atomic E-state index is -1.15. The molecule has 0 aliphatic heterocycles. The van der Waals surface area contributed by atoms with Crippen LogP contribution in [0.5, 0.6) is 0 Å². The van der Waals surface area contributed by atoms with E-state index in [-0.39, 0.29) is 0 Å². The first kappa shape index (κ1) is 9.80. The van der Waals surface area contributed by atoms with Gasteiger partial charge in [0.05, 0.1) is 0 Å². The van der Waals surface area contributed by atoms with E-state index in [4.69, 9.17) is 0 Å². The number of hydrogen-bond acceptors (Lipinski definition) is 5. The van der Waals surface area contributed by atoms with Crippen LogP contribution in [0.25, 0.3) is 0 Å². The van der Waals surface area contributed by atoms with E-state index in [0.29, 0.717) is 0 Å². The molecule has 1 atom stereocenters. The van der Waals surface area contributed by atoms with Crippen molar-refractivity contribution in [1.29, 1.82) is 0 Å². The van der Waals surface area contributed by atoms with E-state index in [9.17, 15) is 15.0 Å². The highest BCUT2D eigenvalue weighted by molar-refractivity contribution is 4.79. The van der Waals surface area contributed by atoms with Gasteiger partial charge in [-0.05, 0) is 20.8 Å². The van der Waals surface area contributed by atoms with E-state index in [1.165, 1.54) is 20.8 Å². The molecule has 0 aromatic rings. The SMILES string of the molecule is CC(N=O)C(C)(C)O[N+](=O)[O-]. The Labute approximate surface area is 63.6 Å². The van der Waals surface area contributed by atoms with E-state index in [1.54, 1.807) is 0 Å². The molecule has 0 aromatic carbocycles. The van der Waals surface area contributed by atoms with Gasteiger partial charge in [0.2, 0.25) is 0 Å². The van der Waals surface area contributed by atoms with E-state index in [1.807, 2.05) is 0 Å². The van der Waals surface area contributed by atoms with Gasteiger partial charge in [-0.15, -0.1) is 10.1 Å². The molecular formula is C5H10N2O4. The first-order chi connectivity index (χ1) is 4.90. The normalized spacial score (nSPS) is 13.7. The number of hydrogen-bond donors (Lipinski definition) is 0. The Kier molecular flexibility index (Phi) is 2.91. The van der Waals surface area contributed by atoms with Crippen molar-refractivity contribution >= 4 is 0 Å². The molecule has 0 spiro atoms. The minimum absolute atomic E-state index is 0.743. The third-order valence-electron chi connectivity index (χ3n) is 1.47. The zero-order chi connectivity index (χ0) is 9.07. The van der Waals surface area contributed by atoms with Gasteiger partial charge in [0, 0.05) is 0 Å². The topological polar surface area (TPSA) is 81.8 Å². The average Bonchev–Trinajstić information content (AvgIpc) is 1.83. The van der Waals surface area contributed by atoms with Crippen molar-refractivity contribution in [2.45, 2.75) is 32.4 Å². The Morgan fingerprint density at radius 1 is 1.64 bits per heavy atom. The molecule has 0 aromatic heterocycles. The first-order valence-corrected chi connectivity index (χ1v) is 3.06. The fourth-order valence-corrected chi connectivity index (χ4v) is 0.395. The largest absolute Gasteiger partial charge is 0.305 e. The highest BCUT2D eigenvalue weighted by atomic mass is 17.0. The van der Waals surface area contributed by atoms with Crippen molar-refractivity contribution < 1.29 is 9.92 Å². The van der Waals surface area contributed by atoms with Gasteiger partial charge in [0.1, 0.15) is 11.6 Å². The fraction of sp³-hybridized carbons (Fsp3) is 1.00. The lowest BCUT2D eigenvalue weighted by Gasteiger charge is -2.23. The Morgan fingerprint density at radius 3 is 2.36 bits per heavy atom. The smallest absolute Gasteiger partial charge is 0.295 e. The molecule has 0 heterocycles. The Bertz CT molecular complexity index is 168. The standard InChI is InChI=1S/C5H10N2O4/c1-4(6-8)5(2,3)11-7(9)10/h4H,1-3H3. The first-order valence-electron chi connectivity index (χ1n) is 3.06. The van der Waals surface area contributed by atoms with Crippen LogP contribution in [0.1, 0.15) is 20.8 Å². The second kappa shape index (κ2) is 3.27. The van der Waals surface area contributed by atoms with Crippen LogP contribution in [0.4, 0.5) is 0 Å². The summed E-state index contributed by atoms with van der Waals surface area (Å²) in [6.07, 6.45) is 0. The average molecular weight is 162 g/mol. The summed E-state index contributed by atoms with van der Waals surface area (Å²) in [6.45, 7) is 4.32. The lowest BCUT2D eigenvalue weighted by molar-refractivity contribution is -0.779. The molecule has 6 nitrogen and oxygen atoms in total. The van der Waals surface area contributed by atoms with Gasteiger partial charge in [0.15, 0.2) is 0 Å². The van der Waals surface area contributed by atoms with E-state index in [0.717, 1.165) is 0 Å². The van der Waals surface area contributed by atoms with Crippen LogP contribution in [-0.4, -0.2) is 16.7 Å². The number of rotatable bonds is 4. The van der Waals surface area contributed by atoms with Crippen LogP contribution < -0.4 is 0 Å². The molecule has 0 aliphatic carbocycles. The maximum Gasteiger partial charge on any atom is 0.295 e. The van der Waals surface area contributed by atoms with Crippen LogP contribution >= 0.6 is 0 Å². The molecule has 11 heavy (non-hydrogen) atoms. The lowest BCUT2D eigenvalue weighted by atomic mass is 10.0. The number of nitrogens with zero attached hydrogens (tertiary/aromatic N) is 2. The maximum absolute atomic E-state index is 9.98. The highest BCUT2D eigenvalue weighted by Crippen LogP contribution is 2.16. The molecule has 0 bridgehead atoms. The molecule has 64 valence electrons. The third kappa shape index (κ3) is 2.92. The van der Waals surface area contributed by atoms with E-state index < -0.39 is 16.7 Å². The predicted octanol–water partition coefficient (Wildman–Crippen LogP) is 1.13. The zero-order valence-electron chi connectivity index (χ0n) is 6.60. The summed E-state index contributed by atoms with van der Waals surface area (Å²) in [7, 11) is 0. The Hall–Kier alpha value is -1.20. The van der Waals surface area contributed by atoms with Gasteiger partial charge >= 0.3 is 0 Å². The monoisotopic (exact) mass is 162 g/mol. The van der Waals surface area contributed by atoms with Gasteiger partial charge in [-0.2, -0.15) is 4.91 Å². The molecule has 0 N–H and O–H groups in total. The third-order valence-corrected chi connectivity index (χ3v) is 1.47. The van der Waals surface area contributed by atoms with Gasteiger partial charge in [-0.1, -0.05) is 5.18 Å². The van der Waals surface area contributed by atoms with Gasteiger partial charge < -0.3 is 4.84 Å². The van der Waals surface area contributed by atoms with Crippen molar-refractivity contribution in [3.05, 3.63) is 15.0 Å². The summed E-state index contributed by atoms with van der Waals surface area (Å²) >= 11 is 0. The lowest BCUT2D eigenvalue weighted by Crippen LogP contribution is -2.37. The minimum Gasteiger partial charge on any atom is -0.305 e. The molecule has 0 fully saturated rings.